The number of likely N-dealkylation sites (tertiary alicyclic amines) is 1. The molecule has 2 heterocycles. The van der Waals surface area contributed by atoms with Gasteiger partial charge in [0.15, 0.2) is 0 Å². The molecule has 0 radical (unpaired) electrons. The Labute approximate surface area is 95.1 Å². The average molecular weight is 223 g/mol. The Bertz CT molecular complexity index is 346. The second-order valence-corrected chi connectivity index (χ2v) is 4.08. The fraction of sp³-hybridized carbons (Fsp3) is 0.636. The zero-order chi connectivity index (χ0) is 11.4. The van der Waals surface area contributed by atoms with E-state index in [9.17, 15) is 0 Å². The molecule has 1 fully saturated rings. The van der Waals surface area contributed by atoms with Crippen molar-refractivity contribution in [2.75, 3.05) is 26.8 Å². The molecule has 0 bridgehead atoms. The number of rotatable bonds is 4. The molecule has 0 spiro atoms. The lowest BCUT2D eigenvalue weighted by Crippen LogP contribution is -2.22. The van der Waals surface area contributed by atoms with Gasteiger partial charge in [0.05, 0.1) is 7.11 Å². The number of hydrogen-bond donors (Lipinski definition) is 1. The molecule has 1 aromatic rings. The van der Waals surface area contributed by atoms with Crippen molar-refractivity contribution in [3.63, 3.8) is 0 Å². The van der Waals surface area contributed by atoms with E-state index in [-0.39, 0.29) is 6.61 Å². The predicted molar refractivity (Wildman–Crippen MR) is 59.1 cm³/mol. The first-order valence-electron chi connectivity index (χ1n) is 5.50. The van der Waals surface area contributed by atoms with Gasteiger partial charge < -0.3 is 9.84 Å². The highest BCUT2D eigenvalue weighted by molar-refractivity contribution is 5.17. The van der Waals surface area contributed by atoms with Crippen molar-refractivity contribution >= 4 is 0 Å². The summed E-state index contributed by atoms with van der Waals surface area (Å²) in [4.78, 5) is 10.7. The summed E-state index contributed by atoms with van der Waals surface area (Å²) >= 11 is 0. The molecule has 2 rings (SSSR count). The summed E-state index contributed by atoms with van der Waals surface area (Å²) in [6, 6.07) is 0. The van der Waals surface area contributed by atoms with Gasteiger partial charge in [-0.25, -0.2) is 4.98 Å². The Kier molecular flexibility index (Phi) is 3.69. The van der Waals surface area contributed by atoms with Crippen LogP contribution in [0.3, 0.4) is 0 Å². The number of nitrogens with zero attached hydrogens (tertiary/aromatic N) is 3. The zero-order valence-electron chi connectivity index (χ0n) is 9.46. The third-order valence-electron chi connectivity index (χ3n) is 2.93. The molecule has 16 heavy (non-hydrogen) atoms. The van der Waals surface area contributed by atoms with Gasteiger partial charge in [0, 0.05) is 32.1 Å². The number of aromatic nitrogens is 2. The molecular formula is C11H17N3O2. The third kappa shape index (κ3) is 2.48. The third-order valence-corrected chi connectivity index (χ3v) is 2.93. The molecule has 88 valence electrons. The second-order valence-electron chi connectivity index (χ2n) is 4.08. The van der Waals surface area contributed by atoms with Crippen molar-refractivity contribution in [2.24, 2.45) is 5.92 Å². The molecule has 1 unspecified atom stereocenters. The standard InChI is InChI=1S/C11H17N3O2/c1-16-11-10(12-3-4-13-11)7-14-5-2-9(6-14)8-15/h3-4,9,15H,2,5-8H2,1H3. The van der Waals surface area contributed by atoms with Crippen molar-refractivity contribution < 1.29 is 9.84 Å². The smallest absolute Gasteiger partial charge is 0.236 e. The van der Waals surface area contributed by atoms with Crippen molar-refractivity contribution in [3.8, 4) is 5.88 Å². The van der Waals surface area contributed by atoms with E-state index in [0.717, 1.165) is 31.7 Å². The van der Waals surface area contributed by atoms with E-state index >= 15 is 0 Å². The Morgan fingerprint density at radius 1 is 1.50 bits per heavy atom. The molecule has 0 aromatic carbocycles. The molecule has 5 heteroatoms. The van der Waals surface area contributed by atoms with Crippen LogP contribution in [0.25, 0.3) is 0 Å². The van der Waals surface area contributed by atoms with E-state index in [1.165, 1.54) is 0 Å². The van der Waals surface area contributed by atoms with Gasteiger partial charge in [0.25, 0.3) is 0 Å². The number of aliphatic hydroxyl groups is 1. The summed E-state index contributed by atoms with van der Waals surface area (Å²) in [5, 5.41) is 9.07. The highest BCUT2D eigenvalue weighted by atomic mass is 16.5. The molecular weight excluding hydrogens is 206 g/mol. The van der Waals surface area contributed by atoms with Crippen LogP contribution in [0.2, 0.25) is 0 Å². The van der Waals surface area contributed by atoms with Crippen LogP contribution >= 0.6 is 0 Å². The van der Waals surface area contributed by atoms with Crippen molar-refractivity contribution in [1.29, 1.82) is 0 Å². The van der Waals surface area contributed by atoms with Gasteiger partial charge in [-0.2, -0.15) is 0 Å². The summed E-state index contributed by atoms with van der Waals surface area (Å²) in [7, 11) is 1.61. The monoisotopic (exact) mass is 223 g/mol. The minimum Gasteiger partial charge on any atom is -0.480 e. The van der Waals surface area contributed by atoms with E-state index in [2.05, 4.69) is 14.9 Å². The van der Waals surface area contributed by atoms with Gasteiger partial charge in [-0.05, 0) is 18.9 Å². The summed E-state index contributed by atoms with van der Waals surface area (Å²) < 4.78 is 5.16. The maximum Gasteiger partial charge on any atom is 0.236 e. The molecule has 1 saturated heterocycles. The van der Waals surface area contributed by atoms with E-state index in [1.54, 1.807) is 19.5 Å². The summed E-state index contributed by atoms with van der Waals surface area (Å²) in [6.45, 7) is 2.95. The lowest BCUT2D eigenvalue weighted by Gasteiger charge is -2.15. The highest BCUT2D eigenvalue weighted by Gasteiger charge is 2.23. The van der Waals surface area contributed by atoms with Crippen LogP contribution in [0, 0.1) is 5.92 Å². The highest BCUT2D eigenvalue weighted by Crippen LogP contribution is 2.20. The second kappa shape index (κ2) is 5.23. The summed E-state index contributed by atoms with van der Waals surface area (Å²) in [5.74, 6) is 0.998. The van der Waals surface area contributed by atoms with E-state index in [4.69, 9.17) is 9.84 Å². The number of methoxy groups -OCH3 is 1. The van der Waals surface area contributed by atoms with Gasteiger partial charge in [0.2, 0.25) is 5.88 Å². The SMILES string of the molecule is COc1nccnc1CN1CCC(CO)C1. The first-order valence-corrected chi connectivity index (χ1v) is 5.50. The van der Waals surface area contributed by atoms with Crippen LogP contribution in [0.4, 0.5) is 0 Å². The number of aliphatic hydroxyl groups excluding tert-OH is 1. The van der Waals surface area contributed by atoms with E-state index in [1.807, 2.05) is 0 Å². The van der Waals surface area contributed by atoms with E-state index < -0.39 is 0 Å². The van der Waals surface area contributed by atoms with Crippen LogP contribution < -0.4 is 4.74 Å². The van der Waals surface area contributed by atoms with Crippen molar-refractivity contribution in [1.82, 2.24) is 14.9 Å². The largest absolute Gasteiger partial charge is 0.480 e. The number of ether oxygens (including phenoxy) is 1. The van der Waals surface area contributed by atoms with E-state index in [0.29, 0.717) is 11.8 Å². The molecule has 0 saturated carbocycles. The Morgan fingerprint density at radius 2 is 2.31 bits per heavy atom. The van der Waals surface area contributed by atoms with Crippen molar-refractivity contribution in [3.05, 3.63) is 18.1 Å². The molecule has 0 amide bonds. The molecule has 1 aliphatic rings. The van der Waals surface area contributed by atoms with Crippen LogP contribution in [-0.4, -0.2) is 46.8 Å². The summed E-state index contributed by atoms with van der Waals surface area (Å²) in [6.07, 6.45) is 4.36. The molecule has 1 aromatic heterocycles. The first-order chi connectivity index (χ1) is 7.83. The molecule has 1 atom stereocenters. The molecule has 5 nitrogen and oxygen atoms in total. The topological polar surface area (TPSA) is 58.5 Å². The van der Waals surface area contributed by atoms with Gasteiger partial charge in [0.1, 0.15) is 5.69 Å². The minimum atomic E-state index is 0.272. The van der Waals surface area contributed by atoms with Crippen molar-refractivity contribution in [2.45, 2.75) is 13.0 Å². The maximum atomic E-state index is 9.07. The first kappa shape index (κ1) is 11.3. The minimum absolute atomic E-state index is 0.272. The fourth-order valence-corrected chi connectivity index (χ4v) is 2.05. The Hall–Kier alpha value is -1.20. The molecule has 0 aliphatic carbocycles. The predicted octanol–water partition coefficient (Wildman–Crippen LogP) is 0.299. The lowest BCUT2D eigenvalue weighted by atomic mass is 10.1. The molecule has 1 aliphatic heterocycles. The van der Waals surface area contributed by atoms with Crippen LogP contribution in [0.15, 0.2) is 12.4 Å². The lowest BCUT2D eigenvalue weighted by molar-refractivity contribution is 0.218. The quantitative estimate of drug-likeness (QED) is 0.795. The van der Waals surface area contributed by atoms with Crippen LogP contribution in [0.1, 0.15) is 12.1 Å². The number of hydrogen-bond acceptors (Lipinski definition) is 5. The average Bonchev–Trinajstić information content (AvgIpc) is 2.77. The van der Waals surface area contributed by atoms with Gasteiger partial charge in [-0.15, -0.1) is 0 Å². The zero-order valence-corrected chi connectivity index (χ0v) is 9.46. The van der Waals surface area contributed by atoms with Gasteiger partial charge in [-0.1, -0.05) is 0 Å². The summed E-state index contributed by atoms with van der Waals surface area (Å²) in [5.41, 5.74) is 0.864. The van der Waals surface area contributed by atoms with Gasteiger partial charge in [-0.3, -0.25) is 9.88 Å². The fourth-order valence-electron chi connectivity index (χ4n) is 2.05. The van der Waals surface area contributed by atoms with Crippen LogP contribution in [-0.2, 0) is 6.54 Å². The maximum absolute atomic E-state index is 9.07. The van der Waals surface area contributed by atoms with Crippen LogP contribution in [0.5, 0.6) is 5.88 Å². The Morgan fingerprint density at radius 3 is 3.00 bits per heavy atom. The molecule has 1 N–H and O–H groups in total. The normalized spacial score (nSPS) is 21.2. The van der Waals surface area contributed by atoms with Gasteiger partial charge >= 0.3 is 0 Å². The Balaban J connectivity index is 1.99.